The Morgan fingerprint density at radius 1 is 1.14 bits per heavy atom. The topological polar surface area (TPSA) is 64.5 Å². The van der Waals surface area contributed by atoms with Crippen LogP contribution in [0.4, 0.5) is 5.69 Å². The molecular formula is C20H25IN4O3. The summed E-state index contributed by atoms with van der Waals surface area (Å²) in [5.41, 5.74) is 4.71. The molecule has 0 N–H and O–H groups in total. The summed E-state index contributed by atoms with van der Waals surface area (Å²) in [5.74, 6) is 0. The Labute approximate surface area is 175 Å². The van der Waals surface area contributed by atoms with Crippen LogP contribution < -0.4 is 30.7 Å². The first kappa shape index (κ1) is 20.7. The molecule has 0 spiro atoms. The summed E-state index contributed by atoms with van der Waals surface area (Å²) >= 11 is -0.0434. The molecule has 2 heterocycles. The molecule has 7 nitrogen and oxygen atoms in total. The molecular weight excluding hydrogens is 471 g/mol. The molecule has 150 valence electrons. The summed E-state index contributed by atoms with van der Waals surface area (Å²) in [4.78, 5) is 11.8. The second-order valence-corrected chi connectivity index (χ2v) is 8.90. The molecule has 0 atom stereocenters. The molecule has 8 heteroatoms. The van der Waals surface area contributed by atoms with Crippen LogP contribution in [0.15, 0.2) is 41.3 Å². The SMILES string of the molecule is CC[n+]1ccc(/C=C/c2ccc(N(C)CC[I-]COOC)c3nonc23)cc1. The number of nitrogens with zero attached hydrogens (tertiary/aromatic N) is 4. The van der Waals surface area contributed by atoms with Crippen LogP contribution in [-0.4, -0.2) is 40.1 Å². The Balaban J connectivity index is 1.72. The molecule has 3 rings (SSSR count). The average Bonchev–Trinajstić information content (AvgIpc) is 3.22. The Morgan fingerprint density at radius 3 is 2.68 bits per heavy atom. The van der Waals surface area contributed by atoms with Crippen molar-refractivity contribution in [2.24, 2.45) is 0 Å². The normalized spacial score (nSPS) is 11.7. The van der Waals surface area contributed by atoms with Crippen molar-refractivity contribution in [2.45, 2.75) is 13.5 Å². The molecule has 1 aromatic carbocycles. The van der Waals surface area contributed by atoms with E-state index < -0.39 is 0 Å². The molecule has 28 heavy (non-hydrogen) atoms. The summed E-state index contributed by atoms with van der Waals surface area (Å²) < 4.78 is 8.97. The van der Waals surface area contributed by atoms with Crippen molar-refractivity contribution in [3.8, 4) is 0 Å². The van der Waals surface area contributed by atoms with Crippen molar-refractivity contribution in [3.63, 3.8) is 0 Å². The fraction of sp³-hybridized carbons (Fsp3) is 0.350. The third kappa shape index (κ3) is 5.27. The monoisotopic (exact) mass is 496 g/mol. The number of aryl methyl sites for hydroxylation is 1. The van der Waals surface area contributed by atoms with Gasteiger partial charge in [0.1, 0.15) is 6.54 Å². The van der Waals surface area contributed by atoms with Crippen molar-refractivity contribution in [3.05, 3.63) is 47.8 Å². The number of rotatable bonds is 10. The van der Waals surface area contributed by atoms with Gasteiger partial charge in [0.15, 0.2) is 0 Å². The number of anilines is 1. The molecule has 0 amide bonds. The zero-order chi connectivity index (χ0) is 19.8. The van der Waals surface area contributed by atoms with Crippen molar-refractivity contribution >= 4 is 28.9 Å². The standard InChI is InChI=1S/C20H25IN4O3/c1-4-25-12-9-16(10-13-25)5-6-17-7-8-18(20-19(17)22-28-23-20)24(2)14-11-21-15-27-26-3/h5-10,12-13H,4,11,14-15H2,1-3H3. The van der Waals surface area contributed by atoms with E-state index in [1.54, 1.807) is 7.11 Å². The summed E-state index contributed by atoms with van der Waals surface area (Å²) in [6.45, 7) is 4.02. The van der Waals surface area contributed by atoms with Crippen molar-refractivity contribution in [1.29, 1.82) is 0 Å². The first-order valence-corrected chi connectivity index (χ1v) is 12.1. The van der Waals surface area contributed by atoms with Crippen LogP contribution in [0.5, 0.6) is 0 Å². The number of hydrogen-bond acceptors (Lipinski definition) is 6. The van der Waals surface area contributed by atoms with E-state index in [0.717, 1.165) is 45.4 Å². The van der Waals surface area contributed by atoms with E-state index in [0.29, 0.717) is 4.61 Å². The van der Waals surface area contributed by atoms with Gasteiger partial charge in [-0.25, -0.2) is 4.57 Å². The number of hydrogen-bond donors (Lipinski definition) is 0. The molecule has 2 aromatic heterocycles. The van der Waals surface area contributed by atoms with Crippen LogP contribution in [0, 0.1) is 0 Å². The van der Waals surface area contributed by atoms with Crippen LogP contribution in [0.25, 0.3) is 23.2 Å². The van der Waals surface area contributed by atoms with E-state index in [2.05, 4.69) is 87.5 Å². The van der Waals surface area contributed by atoms with Crippen LogP contribution >= 0.6 is 0 Å². The zero-order valence-electron chi connectivity index (χ0n) is 16.3. The van der Waals surface area contributed by atoms with Gasteiger partial charge in [-0.1, -0.05) is 0 Å². The molecule has 0 saturated carbocycles. The first-order valence-electron chi connectivity index (χ1n) is 9.05. The minimum absolute atomic E-state index is 0.0434. The third-order valence-electron chi connectivity index (χ3n) is 4.37. The number of aromatic nitrogens is 3. The molecule has 0 bridgehead atoms. The van der Waals surface area contributed by atoms with Crippen molar-refractivity contribution in [2.75, 3.05) is 34.6 Å². The van der Waals surface area contributed by atoms with E-state index in [4.69, 9.17) is 9.52 Å². The van der Waals surface area contributed by atoms with Crippen LogP contribution in [-0.2, 0) is 16.3 Å². The van der Waals surface area contributed by atoms with Gasteiger partial charge in [-0.05, 0) is 6.92 Å². The van der Waals surface area contributed by atoms with Crippen molar-refractivity contribution in [1.82, 2.24) is 10.3 Å². The van der Waals surface area contributed by atoms with Crippen molar-refractivity contribution < 1.29 is 40.2 Å². The van der Waals surface area contributed by atoms with E-state index in [1.807, 2.05) is 0 Å². The number of fused-ring (bicyclic) bond motifs is 1. The summed E-state index contributed by atoms with van der Waals surface area (Å²) in [6, 6.07) is 8.33. The number of benzene rings is 1. The quantitative estimate of drug-likeness (QED) is 0.0965. The zero-order valence-corrected chi connectivity index (χ0v) is 18.5. The maximum atomic E-state index is 5.04. The predicted octanol–water partition coefficient (Wildman–Crippen LogP) is -0.239. The first-order chi connectivity index (χ1) is 13.7. The molecule has 3 aromatic rings. The molecule has 0 unspecified atom stereocenters. The number of halogens is 1. The Hall–Kier alpha value is -2.04. The van der Waals surface area contributed by atoms with E-state index >= 15 is 0 Å². The second-order valence-electron chi connectivity index (χ2n) is 6.12. The van der Waals surface area contributed by atoms with Crippen LogP contribution in [0.3, 0.4) is 0 Å². The van der Waals surface area contributed by atoms with E-state index in [1.165, 1.54) is 0 Å². The van der Waals surface area contributed by atoms with Gasteiger partial charge in [0.2, 0.25) is 0 Å². The van der Waals surface area contributed by atoms with Gasteiger partial charge in [-0.2, -0.15) is 0 Å². The summed E-state index contributed by atoms with van der Waals surface area (Å²) in [6.07, 6.45) is 8.28. The van der Waals surface area contributed by atoms with Gasteiger partial charge in [0.05, 0.1) is 0 Å². The van der Waals surface area contributed by atoms with Gasteiger partial charge in [-0.3, -0.25) is 0 Å². The molecule has 0 aliphatic carbocycles. The van der Waals surface area contributed by atoms with Crippen LogP contribution in [0.2, 0.25) is 0 Å². The molecule has 0 radical (unpaired) electrons. The maximum absolute atomic E-state index is 5.04. The fourth-order valence-electron chi connectivity index (χ4n) is 2.73. The van der Waals surface area contributed by atoms with Crippen LogP contribution in [0.1, 0.15) is 18.1 Å². The Bertz CT molecular complexity index is 911. The molecule has 0 fully saturated rings. The molecule has 0 aliphatic heterocycles. The molecule has 0 saturated heterocycles. The Morgan fingerprint density at radius 2 is 1.93 bits per heavy atom. The van der Waals surface area contributed by atoms with Gasteiger partial charge >= 0.3 is 157 Å². The summed E-state index contributed by atoms with van der Waals surface area (Å²) in [7, 11) is 3.60. The number of alkyl halides is 2. The van der Waals surface area contributed by atoms with E-state index in [-0.39, 0.29) is 21.2 Å². The third-order valence-corrected chi connectivity index (χ3v) is 6.31. The van der Waals surface area contributed by atoms with Gasteiger partial charge in [0.25, 0.3) is 0 Å². The fourth-order valence-corrected chi connectivity index (χ4v) is 4.54. The predicted molar refractivity (Wildman–Crippen MR) is 104 cm³/mol. The number of pyridine rings is 1. The second kappa shape index (κ2) is 10.5. The van der Waals surface area contributed by atoms with Gasteiger partial charge in [0, 0.05) is 0 Å². The molecule has 0 aliphatic rings. The summed E-state index contributed by atoms with van der Waals surface area (Å²) in [5, 5.41) is 8.26. The average molecular weight is 496 g/mol. The van der Waals surface area contributed by atoms with E-state index in [9.17, 15) is 0 Å². The van der Waals surface area contributed by atoms with Gasteiger partial charge < -0.3 is 0 Å². The van der Waals surface area contributed by atoms with Gasteiger partial charge in [-0.15, -0.1) is 0 Å². The Kier molecular flexibility index (Phi) is 7.75. The minimum atomic E-state index is -0.0434.